The second-order valence-corrected chi connectivity index (χ2v) is 8.81. The lowest BCUT2D eigenvalue weighted by Crippen LogP contribution is -2.41. The first-order valence-electron chi connectivity index (χ1n) is 11.9. The van der Waals surface area contributed by atoms with Crippen LogP contribution in [0.4, 0.5) is 0 Å². The van der Waals surface area contributed by atoms with E-state index in [0.717, 1.165) is 22.4 Å². The summed E-state index contributed by atoms with van der Waals surface area (Å²) < 4.78 is 13.7. The SMILES string of the molecule is Cn1cc(C(CC(=O)N2CCOCC2)c2cccc(OCc3ccccc3)c2)c2ccccc21. The normalized spacial score (nSPS) is 14.8. The molecule has 0 spiro atoms. The first kappa shape index (κ1) is 22.2. The molecule has 1 atom stereocenters. The summed E-state index contributed by atoms with van der Waals surface area (Å²) in [7, 11) is 2.06. The van der Waals surface area contributed by atoms with Crippen LogP contribution in [0.2, 0.25) is 0 Å². The number of morpholine rings is 1. The Balaban J connectivity index is 1.47. The van der Waals surface area contributed by atoms with Gasteiger partial charge in [0.2, 0.25) is 5.91 Å². The standard InChI is InChI=1S/C29H30N2O3/c1-30-20-27(25-12-5-6-13-28(25)30)26(19-29(32)31-14-16-33-17-15-31)23-10-7-11-24(18-23)34-21-22-8-3-2-4-9-22/h2-13,18,20,26H,14-17,19,21H2,1H3. The Morgan fingerprint density at radius 1 is 0.971 bits per heavy atom. The van der Waals surface area contributed by atoms with Crippen molar-refractivity contribution in [1.82, 2.24) is 9.47 Å². The van der Waals surface area contributed by atoms with Gasteiger partial charge in [-0.05, 0) is 34.9 Å². The largest absolute Gasteiger partial charge is 0.489 e. The highest BCUT2D eigenvalue weighted by molar-refractivity contribution is 5.86. The monoisotopic (exact) mass is 454 g/mol. The Morgan fingerprint density at radius 2 is 1.74 bits per heavy atom. The van der Waals surface area contributed by atoms with Gasteiger partial charge in [0.25, 0.3) is 0 Å². The number of aryl methyl sites for hydroxylation is 1. The predicted molar refractivity (Wildman–Crippen MR) is 134 cm³/mol. The molecule has 1 amide bonds. The van der Waals surface area contributed by atoms with Crippen LogP contribution in [0, 0.1) is 0 Å². The van der Waals surface area contributed by atoms with Crippen LogP contribution in [0.15, 0.2) is 85.1 Å². The van der Waals surface area contributed by atoms with Crippen LogP contribution >= 0.6 is 0 Å². The van der Waals surface area contributed by atoms with Crippen molar-refractivity contribution in [3.63, 3.8) is 0 Å². The minimum absolute atomic E-state index is 0.0679. The van der Waals surface area contributed by atoms with Crippen molar-refractivity contribution in [3.05, 3.63) is 102 Å². The molecule has 0 N–H and O–H groups in total. The molecule has 0 bridgehead atoms. The lowest BCUT2D eigenvalue weighted by Gasteiger charge is -2.29. The maximum Gasteiger partial charge on any atom is 0.223 e. The molecule has 5 nitrogen and oxygen atoms in total. The number of hydrogen-bond donors (Lipinski definition) is 0. The van der Waals surface area contributed by atoms with Gasteiger partial charge in [0.1, 0.15) is 12.4 Å². The zero-order valence-electron chi connectivity index (χ0n) is 19.5. The number of amides is 1. The molecule has 5 rings (SSSR count). The Morgan fingerprint density at radius 3 is 2.56 bits per heavy atom. The summed E-state index contributed by atoms with van der Waals surface area (Å²) in [5.74, 6) is 0.906. The van der Waals surface area contributed by atoms with Crippen molar-refractivity contribution in [3.8, 4) is 5.75 Å². The first-order chi connectivity index (χ1) is 16.7. The fourth-order valence-electron chi connectivity index (χ4n) is 4.74. The van der Waals surface area contributed by atoms with Gasteiger partial charge in [-0.15, -0.1) is 0 Å². The smallest absolute Gasteiger partial charge is 0.223 e. The molecule has 1 fully saturated rings. The quantitative estimate of drug-likeness (QED) is 0.388. The van der Waals surface area contributed by atoms with Crippen molar-refractivity contribution in [2.75, 3.05) is 26.3 Å². The Bertz CT molecular complexity index is 1260. The molecule has 0 aliphatic carbocycles. The molecule has 4 aromatic rings. The Labute approximate surface area is 200 Å². The molecule has 34 heavy (non-hydrogen) atoms. The number of ether oxygens (including phenoxy) is 2. The van der Waals surface area contributed by atoms with E-state index in [1.807, 2.05) is 35.2 Å². The van der Waals surface area contributed by atoms with E-state index in [1.165, 1.54) is 10.9 Å². The molecule has 1 aliphatic rings. The van der Waals surface area contributed by atoms with Crippen molar-refractivity contribution in [2.45, 2.75) is 18.9 Å². The molecule has 1 aliphatic heterocycles. The van der Waals surface area contributed by atoms with E-state index in [-0.39, 0.29) is 11.8 Å². The van der Waals surface area contributed by atoms with E-state index in [9.17, 15) is 4.79 Å². The van der Waals surface area contributed by atoms with Crippen molar-refractivity contribution < 1.29 is 14.3 Å². The van der Waals surface area contributed by atoms with E-state index in [1.54, 1.807) is 0 Å². The highest BCUT2D eigenvalue weighted by atomic mass is 16.5. The molecule has 0 saturated carbocycles. The number of rotatable bonds is 7. The fourth-order valence-corrected chi connectivity index (χ4v) is 4.74. The van der Waals surface area contributed by atoms with Crippen LogP contribution < -0.4 is 4.74 Å². The maximum atomic E-state index is 13.3. The third-order valence-corrected chi connectivity index (χ3v) is 6.55. The lowest BCUT2D eigenvalue weighted by atomic mass is 9.87. The van der Waals surface area contributed by atoms with E-state index >= 15 is 0 Å². The van der Waals surface area contributed by atoms with Crippen molar-refractivity contribution in [1.29, 1.82) is 0 Å². The summed E-state index contributed by atoms with van der Waals surface area (Å²) in [6, 6.07) is 26.7. The van der Waals surface area contributed by atoms with Gasteiger partial charge >= 0.3 is 0 Å². The average molecular weight is 455 g/mol. The van der Waals surface area contributed by atoms with Crippen LogP contribution in [0.5, 0.6) is 5.75 Å². The number of para-hydroxylation sites is 1. The predicted octanol–water partition coefficient (Wildman–Crippen LogP) is 5.14. The summed E-state index contributed by atoms with van der Waals surface area (Å²) in [6.45, 7) is 3.03. The van der Waals surface area contributed by atoms with Crippen LogP contribution in [0.3, 0.4) is 0 Å². The summed E-state index contributed by atoms with van der Waals surface area (Å²) in [6.07, 6.45) is 2.58. The molecule has 0 radical (unpaired) electrons. The van der Waals surface area contributed by atoms with Gasteiger partial charge < -0.3 is 18.9 Å². The van der Waals surface area contributed by atoms with Crippen LogP contribution in [0.25, 0.3) is 10.9 Å². The number of aromatic nitrogens is 1. The Kier molecular flexibility index (Phi) is 6.63. The molecule has 5 heteroatoms. The molecule has 1 saturated heterocycles. The molecule has 174 valence electrons. The second-order valence-electron chi connectivity index (χ2n) is 8.81. The van der Waals surface area contributed by atoms with E-state index in [0.29, 0.717) is 39.3 Å². The molecule has 1 aromatic heterocycles. The highest BCUT2D eigenvalue weighted by Gasteiger charge is 2.26. The number of carbonyl (C=O) groups excluding carboxylic acids is 1. The number of carbonyl (C=O) groups is 1. The van der Waals surface area contributed by atoms with Crippen LogP contribution in [-0.2, 0) is 23.2 Å². The number of fused-ring (bicyclic) bond motifs is 1. The molecule has 1 unspecified atom stereocenters. The molecule has 2 heterocycles. The van der Waals surface area contributed by atoms with E-state index in [2.05, 4.69) is 66.3 Å². The third-order valence-electron chi connectivity index (χ3n) is 6.55. The van der Waals surface area contributed by atoms with Gasteiger partial charge in [-0.25, -0.2) is 0 Å². The van der Waals surface area contributed by atoms with Gasteiger partial charge in [-0.1, -0.05) is 60.7 Å². The van der Waals surface area contributed by atoms with Crippen molar-refractivity contribution >= 4 is 16.8 Å². The van der Waals surface area contributed by atoms with Gasteiger partial charge in [0, 0.05) is 49.6 Å². The maximum absolute atomic E-state index is 13.3. The van der Waals surface area contributed by atoms with Crippen LogP contribution in [-0.4, -0.2) is 41.7 Å². The summed E-state index contributed by atoms with van der Waals surface area (Å²) in [5, 5.41) is 1.18. The fraction of sp³-hybridized carbons (Fsp3) is 0.276. The molecule has 3 aromatic carbocycles. The van der Waals surface area contributed by atoms with E-state index < -0.39 is 0 Å². The van der Waals surface area contributed by atoms with Gasteiger partial charge in [-0.2, -0.15) is 0 Å². The van der Waals surface area contributed by atoms with Crippen molar-refractivity contribution in [2.24, 2.45) is 7.05 Å². The third kappa shape index (κ3) is 4.85. The lowest BCUT2D eigenvalue weighted by molar-refractivity contribution is -0.135. The number of nitrogens with zero attached hydrogens (tertiary/aromatic N) is 2. The summed E-state index contributed by atoms with van der Waals surface area (Å²) in [5.41, 5.74) is 4.54. The second kappa shape index (κ2) is 10.1. The topological polar surface area (TPSA) is 43.7 Å². The zero-order chi connectivity index (χ0) is 23.3. The number of benzene rings is 3. The summed E-state index contributed by atoms with van der Waals surface area (Å²) in [4.78, 5) is 15.3. The molecular weight excluding hydrogens is 424 g/mol. The minimum Gasteiger partial charge on any atom is -0.489 e. The molecular formula is C29H30N2O3. The number of hydrogen-bond acceptors (Lipinski definition) is 3. The van der Waals surface area contributed by atoms with Gasteiger partial charge in [0.15, 0.2) is 0 Å². The van der Waals surface area contributed by atoms with E-state index in [4.69, 9.17) is 9.47 Å². The average Bonchev–Trinajstić information content (AvgIpc) is 3.23. The minimum atomic E-state index is -0.0679. The highest BCUT2D eigenvalue weighted by Crippen LogP contribution is 2.36. The zero-order valence-corrected chi connectivity index (χ0v) is 19.5. The van der Waals surface area contributed by atoms with Gasteiger partial charge in [-0.3, -0.25) is 4.79 Å². The summed E-state index contributed by atoms with van der Waals surface area (Å²) >= 11 is 0. The Hall–Kier alpha value is -3.57. The first-order valence-corrected chi connectivity index (χ1v) is 11.9. The van der Waals surface area contributed by atoms with Gasteiger partial charge in [0.05, 0.1) is 13.2 Å². The van der Waals surface area contributed by atoms with Crippen LogP contribution in [0.1, 0.15) is 29.0 Å².